The third-order valence-electron chi connectivity index (χ3n) is 10.8. The molecule has 0 spiro atoms. The van der Waals surface area contributed by atoms with E-state index in [1.165, 1.54) is 63.4 Å². The first kappa shape index (κ1) is 28.4. The number of rotatable bonds is 4. The molecular weight excluding hydrogens is 524 g/mol. The molecule has 0 aromatic heterocycles. The van der Waals surface area contributed by atoms with Crippen LogP contribution in [0.25, 0.3) is 0 Å². The maximum Gasteiger partial charge on any atom is 0.254 e. The second-order valence-electron chi connectivity index (χ2n) is 13.5. The van der Waals surface area contributed by atoms with Crippen molar-refractivity contribution < 1.29 is 14.7 Å². The Kier molecular flexibility index (Phi) is 8.21. The van der Waals surface area contributed by atoms with Crippen LogP contribution in [0.2, 0.25) is 5.02 Å². The summed E-state index contributed by atoms with van der Waals surface area (Å²) in [7, 11) is 2.21. The van der Waals surface area contributed by atoms with Crippen molar-refractivity contribution in [3.05, 3.63) is 34.3 Å². The van der Waals surface area contributed by atoms with E-state index in [4.69, 9.17) is 11.6 Å². The average Bonchev–Trinajstić information content (AvgIpc) is 3.57. The van der Waals surface area contributed by atoms with Gasteiger partial charge >= 0.3 is 0 Å². The quantitative estimate of drug-likeness (QED) is 0.534. The van der Waals surface area contributed by atoms with Crippen molar-refractivity contribution in [3.8, 4) is 0 Å². The number of benzene rings is 1. The molecular formula is C32H47ClN4O3. The fourth-order valence-electron chi connectivity index (χ4n) is 8.38. The highest BCUT2D eigenvalue weighted by molar-refractivity contribution is 6.31. The van der Waals surface area contributed by atoms with Crippen LogP contribution in [-0.4, -0.2) is 82.6 Å². The lowest BCUT2D eigenvalue weighted by atomic mass is 9.61. The molecule has 2 aliphatic heterocycles. The van der Waals surface area contributed by atoms with Gasteiger partial charge in [0.25, 0.3) is 11.8 Å². The van der Waals surface area contributed by atoms with E-state index in [0.717, 1.165) is 19.4 Å². The first-order chi connectivity index (χ1) is 19.3. The highest BCUT2D eigenvalue weighted by Crippen LogP contribution is 2.52. The minimum atomic E-state index is -1.15. The summed E-state index contributed by atoms with van der Waals surface area (Å²) >= 11 is 6.96. The molecule has 40 heavy (non-hydrogen) atoms. The van der Waals surface area contributed by atoms with Gasteiger partial charge in [-0.3, -0.25) is 9.59 Å². The molecule has 2 heterocycles. The second-order valence-corrected chi connectivity index (χ2v) is 13.9. The molecule has 1 aromatic rings. The zero-order chi connectivity index (χ0) is 27.9. The van der Waals surface area contributed by atoms with Crippen molar-refractivity contribution in [2.75, 3.05) is 39.8 Å². The van der Waals surface area contributed by atoms with E-state index in [1.807, 2.05) is 17.0 Å². The van der Waals surface area contributed by atoms with Crippen LogP contribution in [0.1, 0.15) is 105 Å². The zero-order valence-corrected chi connectivity index (χ0v) is 24.9. The number of aliphatic hydroxyl groups is 1. The Labute approximate surface area is 244 Å². The van der Waals surface area contributed by atoms with Gasteiger partial charge in [-0.25, -0.2) is 10.4 Å². The summed E-state index contributed by atoms with van der Waals surface area (Å²) in [4.78, 5) is 29.3. The Morgan fingerprint density at radius 3 is 2.20 bits per heavy atom. The van der Waals surface area contributed by atoms with Crippen LogP contribution in [0.15, 0.2) is 18.2 Å². The summed E-state index contributed by atoms with van der Waals surface area (Å²) in [5.41, 5.74) is 4.81. The fraction of sp³-hybridized carbons (Fsp3) is 0.750. The third-order valence-corrected chi connectivity index (χ3v) is 11.1. The SMILES string of the molecule is CN1CC2CCC(c3ccc(C(=O)N4CCN(C(=O)C5(O)CC5)CC4)cc3Cl)CC2(C2CCCCCCCC2)N1. The average molecular weight is 571 g/mol. The van der Waals surface area contributed by atoms with E-state index < -0.39 is 5.60 Å². The highest BCUT2D eigenvalue weighted by Gasteiger charge is 2.53. The number of amides is 2. The van der Waals surface area contributed by atoms with Crippen LogP contribution >= 0.6 is 11.6 Å². The number of carbonyl (C=O) groups excluding carboxylic acids is 2. The Balaban J connectivity index is 1.14. The third kappa shape index (κ3) is 5.56. The summed E-state index contributed by atoms with van der Waals surface area (Å²) in [6.45, 7) is 3.02. The molecule has 0 radical (unpaired) electrons. The van der Waals surface area contributed by atoms with E-state index in [2.05, 4.69) is 23.5 Å². The number of carbonyl (C=O) groups is 2. The van der Waals surface area contributed by atoms with Gasteiger partial charge in [0.05, 0.1) is 0 Å². The maximum absolute atomic E-state index is 13.4. The number of hydrazine groups is 1. The molecule has 0 bridgehead atoms. The van der Waals surface area contributed by atoms with E-state index in [9.17, 15) is 14.7 Å². The number of fused-ring (bicyclic) bond motifs is 1. The summed E-state index contributed by atoms with van der Waals surface area (Å²) in [5.74, 6) is 1.56. The van der Waals surface area contributed by atoms with E-state index in [0.29, 0.717) is 67.4 Å². The lowest BCUT2D eigenvalue weighted by molar-refractivity contribution is -0.143. The van der Waals surface area contributed by atoms with Gasteiger partial charge < -0.3 is 14.9 Å². The molecule has 3 atom stereocenters. The molecule has 5 fully saturated rings. The fourth-order valence-corrected chi connectivity index (χ4v) is 8.71. The Hall–Kier alpha value is -1.67. The van der Waals surface area contributed by atoms with Gasteiger partial charge in [0.1, 0.15) is 5.60 Å². The molecule has 3 aliphatic carbocycles. The molecule has 1 aromatic carbocycles. The standard InChI is InChI=1S/C32H47ClN4O3/c1-35-22-26-12-10-24(21-32(26,34-35)25-8-6-4-2-3-5-7-9-25)27-13-11-23(20-28(27)33)29(38)36-16-18-37(19-17-36)30(39)31(40)14-15-31/h11,13,20,24-26,34,40H,2-10,12,14-19,21-22H2,1H3. The Bertz CT molecular complexity index is 1090. The van der Waals surface area contributed by atoms with Crippen molar-refractivity contribution in [2.24, 2.45) is 11.8 Å². The number of nitrogens with zero attached hydrogens (tertiary/aromatic N) is 3. The van der Waals surface area contributed by atoms with Crippen LogP contribution in [-0.2, 0) is 4.79 Å². The van der Waals surface area contributed by atoms with Crippen LogP contribution in [0, 0.1) is 11.8 Å². The van der Waals surface area contributed by atoms with Crippen molar-refractivity contribution in [1.29, 1.82) is 0 Å². The van der Waals surface area contributed by atoms with Crippen molar-refractivity contribution >= 4 is 23.4 Å². The number of nitrogens with one attached hydrogen (secondary N) is 1. The molecule has 6 rings (SSSR count). The molecule has 2 amide bonds. The zero-order valence-electron chi connectivity index (χ0n) is 24.2. The van der Waals surface area contributed by atoms with Crippen molar-refractivity contribution in [1.82, 2.24) is 20.2 Å². The van der Waals surface area contributed by atoms with E-state index >= 15 is 0 Å². The first-order valence-electron chi connectivity index (χ1n) is 15.9. The maximum atomic E-state index is 13.4. The molecule has 2 N–H and O–H groups in total. The van der Waals surface area contributed by atoms with Gasteiger partial charge in [0.15, 0.2) is 0 Å². The van der Waals surface area contributed by atoms with Crippen LogP contribution in [0.5, 0.6) is 0 Å². The van der Waals surface area contributed by atoms with Crippen LogP contribution in [0.3, 0.4) is 0 Å². The monoisotopic (exact) mass is 570 g/mol. The first-order valence-corrected chi connectivity index (χ1v) is 16.3. The lowest BCUT2D eigenvalue weighted by Gasteiger charge is -2.48. The smallest absolute Gasteiger partial charge is 0.254 e. The molecule has 3 unspecified atom stereocenters. The predicted molar refractivity (Wildman–Crippen MR) is 157 cm³/mol. The van der Waals surface area contributed by atoms with Gasteiger partial charge in [0.2, 0.25) is 0 Å². The van der Waals surface area contributed by atoms with E-state index in [-0.39, 0.29) is 17.4 Å². The Morgan fingerprint density at radius 1 is 0.900 bits per heavy atom. The topological polar surface area (TPSA) is 76.1 Å². The minimum absolute atomic E-state index is 0.0319. The summed E-state index contributed by atoms with van der Waals surface area (Å²) in [5, 5.41) is 13.2. The predicted octanol–water partition coefficient (Wildman–Crippen LogP) is 4.97. The summed E-state index contributed by atoms with van der Waals surface area (Å²) in [6, 6.07) is 5.94. The van der Waals surface area contributed by atoms with Gasteiger partial charge in [0, 0.05) is 55.9 Å². The van der Waals surface area contributed by atoms with Gasteiger partial charge in [-0.1, -0.05) is 56.2 Å². The minimum Gasteiger partial charge on any atom is -0.380 e. The largest absolute Gasteiger partial charge is 0.380 e. The van der Waals surface area contributed by atoms with Crippen molar-refractivity contribution in [3.63, 3.8) is 0 Å². The molecule has 3 saturated carbocycles. The van der Waals surface area contributed by atoms with Gasteiger partial charge in [-0.15, -0.1) is 0 Å². The summed E-state index contributed by atoms with van der Waals surface area (Å²) in [6.07, 6.45) is 15.4. The van der Waals surface area contributed by atoms with Gasteiger partial charge in [-0.2, -0.15) is 0 Å². The lowest BCUT2D eigenvalue weighted by Crippen LogP contribution is -2.56. The number of piperazine rings is 1. The number of hydrogen-bond acceptors (Lipinski definition) is 5. The van der Waals surface area contributed by atoms with E-state index in [1.54, 1.807) is 4.90 Å². The molecule has 7 nitrogen and oxygen atoms in total. The van der Waals surface area contributed by atoms with Gasteiger partial charge in [-0.05, 0) is 80.4 Å². The molecule has 8 heteroatoms. The molecule has 2 saturated heterocycles. The number of hydrogen-bond donors (Lipinski definition) is 2. The summed E-state index contributed by atoms with van der Waals surface area (Å²) < 4.78 is 0. The normalized spacial score (nSPS) is 31.7. The van der Waals surface area contributed by atoms with Crippen molar-refractivity contribution in [2.45, 2.75) is 101 Å². The molecule has 5 aliphatic rings. The second kappa shape index (κ2) is 11.5. The Morgan fingerprint density at radius 2 is 1.55 bits per heavy atom. The highest BCUT2D eigenvalue weighted by atomic mass is 35.5. The number of halogens is 1. The van der Waals surface area contributed by atoms with Crippen LogP contribution < -0.4 is 5.43 Å². The molecule has 220 valence electrons. The van der Waals surface area contributed by atoms with Crippen LogP contribution in [0.4, 0.5) is 0 Å².